The van der Waals surface area contributed by atoms with Crippen molar-refractivity contribution in [2.45, 2.75) is 26.3 Å². The standard InChI is InChI=1S/C13H17N5O2/c1-2-3-10-6-9(7-12(16-10)17-14)13(19)15-8-11-4-5-20-18-11/h4-7H,2-3,8,14H2,1H3,(H,15,19)(H,16,17). The van der Waals surface area contributed by atoms with Crippen LogP contribution in [0.25, 0.3) is 0 Å². The fourth-order valence-corrected chi connectivity index (χ4v) is 1.78. The summed E-state index contributed by atoms with van der Waals surface area (Å²) in [6.45, 7) is 2.36. The minimum Gasteiger partial charge on any atom is -0.364 e. The minimum atomic E-state index is -0.204. The molecular formula is C13H17N5O2. The van der Waals surface area contributed by atoms with Crippen molar-refractivity contribution in [2.24, 2.45) is 5.84 Å². The Balaban J connectivity index is 2.09. The van der Waals surface area contributed by atoms with Gasteiger partial charge in [0, 0.05) is 17.3 Å². The van der Waals surface area contributed by atoms with E-state index < -0.39 is 0 Å². The quantitative estimate of drug-likeness (QED) is 0.541. The van der Waals surface area contributed by atoms with E-state index in [0.717, 1.165) is 18.5 Å². The summed E-state index contributed by atoms with van der Waals surface area (Å²) in [6, 6.07) is 5.07. The van der Waals surface area contributed by atoms with Crippen LogP contribution in [0.15, 0.2) is 29.0 Å². The lowest BCUT2D eigenvalue weighted by molar-refractivity contribution is 0.0950. The van der Waals surface area contributed by atoms with Crippen molar-refractivity contribution >= 4 is 11.7 Å². The summed E-state index contributed by atoms with van der Waals surface area (Å²) >= 11 is 0. The van der Waals surface area contributed by atoms with Gasteiger partial charge >= 0.3 is 0 Å². The zero-order valence-corrected chi connectivity index (χ0v) is 11.2. The molecule has 0 radical (unpaired) electrons. The van der Waals surface area contributed by atoms with E-state index in [1.165, 1.54) is 6.26 Å². The Hall–Kier alpha value is -2.41. The third-order valence-electron chi connectivity index (χ3n) is 2.72. The maximum atomic E-state index is 12.1. The molecule has 0 saturated carbocycles. The number of nitrogens with zero attached hydrogens (tertiary/aromatic N) is 2. The first-order valence-electron chi connectivity index (χ1n) is 6.38. The Morgan fingerprint density at radius 3 is 2.90 bits per heavy atom. The summed E-state index contributed by atoms with van der Waals surface area (Å²) in [5.41, 5.74) is 4.48. The highest BCUT2D eigenvalue weighted by Gasteiger charge is 2.10. The fraction of sp³-hybridized carbons (Fsp3) is 0.308. The summed E-state index contributed by atoms with van der Waals surface area (Å²) in [6.07, 6.45) is 3.20. The first kappa shape index (κ1) is 14.0. The van der Waals surface area contributed by atoms with Gasteiger partial charge in [0.2, 0.25) is 0 Å². The summed E-state index contributed by atoms with van der Waals surface area (Å²) in [5.74, 6) is 5.64. The number of hydrazine groups is 1. The number of aryl methyl sites for hydroxylation is 1. The van der Waals surface area contributed by atoms with Crippen LogP contribution < -0.4 is 16.6 Å². The smallest absolute Gasteiger partial charge is 0.251 e. The molecule has 7 nitrogen and oxygen atoms in total. The highest BCUT2D eigenvalue weighted by Crippen LogP contribution is 2.11. The maximum Gasteiger partial charge on any atom is 0.251 e. The van der Waals surface area contributed by atoms with E-state index >= 15 is 0 Å². The Labute approximate surface area is 116 Å². The molecule has 0 aliphatic rings. The molecule has 0 saturated heterocycles. The number of aromatic nitrogens is 2. The minimum absolute atomic E-state index is 0.204. The van der Waals surface area contributed by atoms with E-state index in [1.807, 2.05) is 0 Å². The molecule has 20 heavy (non-hydrogen) atoms. The lowest BCUT2D eigenvalue weighted by atomic mass is 10.1. The Morgan fingerprint density at radius 2 is 2.25 bits per heavy atom. The number of nitrogens with one attached hydrogen (secondary N) is 2. The number of anilines is 1. The zero-order chi connectivity index (χ0) is 14.4. The first-order chi connectivity index (χ1) is 9.72. The molecule has 2 rings (SSSR count). The molecule has 2 heterocycles. The predicted molar refractivity (Wildman–Crippen MR) is 73.7 cm³/mol. The lowest BCUT2D eigenvalue weighted by Crippen LogP contribution is -2.23. The Kier molecular flexibility index (Phi) is 4.67. The van der Waals surface area contributed by atoms with Crippen molar-refractivity contribution < 1.29 is 9.32 Å². The van der Waals surface area contributed by atoms with Crippen LogP contribution >= 0.6 is 0 Å². The number of nitrogen functional groups attached to an aromatic ring is 1. The molecule has 106 valence electrons. The Bertz CT molecular complexity index is 568. The molecule has 0 aliphatic carbocycles. The van der Waals surface area contributed by atoms with Crippen molar-refractivity contribution in [3.8, 4) is 0 Å². The number of pyridine rings is 1. The normalized spacial score (nSPS) is 10.3. The summed E-state index contributed by atoms with van der Waals surface area (Å²) in [5, 5.41) is 6.49. The van der Waals surface area contributed by atoms with Gasteiger partial charge in [0.1, 0.15) is 17.8 Å². The molecule has 7 heteroatoms. The van der Waals surface area contributed by atoms with Crippen molar-refractivity contribution in [3.63, 3.8) is 0 Å². The van der Waals surface area contributed by atoms with Gasteiger partial charge in [0.25, 0.3) is 5.91 Å². The molecule has 2 aromatic heterocycles. The molecule has 0 atom stereocenters. The molecule has 0 bridgehead atoms. The van der Waals surface area contributed by atoms with Gasteiger partial charge in [-0.3, -0.25) is 4.79 Å². The van der Waals surface area contributed by atoms with E-state index in [2.05, 4.69) is 27.8 Å². The second-order valence-electron chi connectivity index (χ2n) is 4.30. The number of carbonyl (C=O) groups excluding carboxylic acids is 1. The average Bonchev–Trinajstić information content (AvgIpc) is 2.98. The maximum absolute atomic E-state index is 12.1. The van der Waals surface area contributed by atoms with E-state index in [-0.39, 0.29) is 5.91 Å². The second-order valence-corrected chi connectivity index (χ2v) is 4.30. The van der Waals surface area contributed by atoms with Crippen molar-refractivity contribution in [3.05, 3.63) is 41.4 Å². The van der Waals surface area contributed by atoms with E-state index in [9.17, 15) is 4.79 Å². The monoisotopic (exact) mass is 275 g/mol. The summed E-state index contributed by atoms with van der Waals surface area (Å²) in [4.78, 5) is 16.4. The van der Waals surface area contributed by atoms with E-state index in [1.54, 1.807) is 18.2 Å². The van der Waals surface area contributed by atoms with Gasteiger partial charge in [-0.2, -0.15) is 0 Å². The topological polar surface area (TPSA) is 106 Å². The number of nitrogens with two attached hydrogens (primary N) is 1. The zero-order valence-electron chi connectivity index (χ0n) is 11.2. The van der Waals surface area contributed by atoms with Crippen LogP contribution in [-0.2, 0) is 13.0 Å². The van der Waals surface area contributed by atoms with E-state index in [4.69, 9.17) is 10.4 Å². The van der Waals surface area contributed by atoms with Crippen molar-refractivity contribution in [1.29, 1.82) is 0 Å². The third-order valence-corrected chi connectivity index (χ3v) is 2.72. The van der Waals surface area contributed by atoms with Gasteiger partial charge in [0.15, 0.2) is 0 Å². The van der Waals surface area contributed by atoms with Crippen LogP contribution in [-0.4, -0.2) is 16.0 Å². The van der Waals surface area contributed by atoms with Crippen LogP contribution in [0.4, 0.5) is 5.82 Å². The highest BCUT2D eigenvalue weighted by molar-refractivity contribution is 5.94. The van der Waals surface area contributed by atoms with Crippen molar-refractivity contribution in [2.75, 3.05) is 5.43 Å². The molecule has 4 N–H and O–H groups in total. The second kappa shape index (κ2) is 6.67. The number of hydrogen-bond acceptors (Lipinski definition) is 6. The van der Waals surface area contributed by atoms with Crippen molar-refractivity contribution in [1.82, 2.24) is 15.5 Å². The molecule has 2 aromatic rings. The molecule has 0 aromatic carbocycles. The van der Waals surface area contributed by atoms with Crippen LogP contribution in [0.1, 0.15) is 35.1 Å². The number of amides is 1. The molecular weight excluding hydrogens is 258 g/mol. The van der Waals surface area contributed by atoms with Gasteiger partial charge in [-0.1, -0.05) is 18.5 Å². The van der Waals surface area contributed by atoms with Crippen LogP contribution in [0.2, 0.25) is 0 Å². The molecule has 1 amide bonds. The van der Waals surface area contributed by atoms with Crippen LogP contribution in [0, 0.1) is 0 Å². The van der Waals surface area contributed by atoms with Crippen LogP contribution in [0.5, 0.6) is 0 Å². The fourth-order valence-electron chi connectivity index (χ4n) is 1.78. The van der Waals surface area contributed by atoms with Gasteiger partial charge < -0.3 is 15.3 Å². The van der Waals surface area contributed by atoms with Gasteiger partial charge in [0.05, 0.1) is 6.54 Å². The number of carbonyl (C=O) groups is 1. The molecule has 0 aliphatic heterocycles. The highest BCUT2D eigenvalue weighted by atomic mass is 16.5. The third kappa shape index (κ3) is 3.55. The molecule has 0 spiro atoms. The predicted octanol–water partition coefficient (Wildman–Crippen LogP) is 1.24. The lowest BCUT2D eigenvalue weighted by Gasteiger charge is -2.08. The SMILES string of the molecule is CCCc1cc(C(=O)NCc2ccon2)cc(NN)n1. The number of hydrogen-bond donors (Lipinski definition) is 3. The number of rotatable bonds is 6. The average molecular weight is 275 g/mol. The Morgan fingerprint density at radius 1 is 1.40 bits per heavy atom. The summed E-state index contributed by atoms with van der Waals surface area (Å²) < 4.78 is 4.70. The van der Waals surface area contributed by atoms with Gasteiger partial charge in [-0.05, 0) is 18.6 Å². The van der Waals surface area contributed by atoms with Gasteiger partial charge in [-0.25, -0.2) is 10.8 Å². The molecule has 0 unspecified atom stereocenters. The first-order valence-corrected chi connectivity index (χ1v) is 6.38. The largest absolute Gasteiger partial charge is 0.364 e. The summed E-state index contributed by atoms with van der Waals surface area (Å²) in [7, 11) is 0. The van der Waals surface area contributed by atoms with Crippen LogP contribution in [0.3, 0.4) is 0 Å². The van der Waals surface area contributed by atoms with Gasteiger partial charge in [-0.15, -0.1) is 0 Å². The van der Waals surface area contributed by atoms with E-state index in [0.29, 0.717) is 23.6 Å². The molecule has 0 fully saturated rings.